The molecule has 0 unspecified atom stereocenters. The van der Waals surface area contributed by atoms with E-state index in [0.717, 1.165) is 21.3 Å². The number of para-hydroxylation sites is 1. The number of nitrogens with zero attached hydrogens (tertiary/aromatic N) is 1. The van der Waals surface area contributed by atoms with Crippen molar-refractivity contribution >= 4 is 28.1 Å². The summed E-state index contributed by atoms with van der Waals surface area (Å²) in [6.45, 7) is 0.547. The zero-order valence-electron chi connectivity index (χ0n) is 10.2. The van der Waals surface area contributed by atoms with Crippen molar-refractivity contribution in [3.63, 3.8) is 0 Å². The highest BCUT2D eigenvalue weighted by atomic mass is 32.1. The van der Waals surface area contributed by atoms with Gasteiger partial charge >= 0.3 is 0 Å². The Labute approximate surface area is 114 Å². The molecule has 3 aromatic rings. The van der Waals surface area contributed by atoms with Crippen LogP contribution in [0.5, 0.6) is 0 Å². The largest absolute Gasteiger partial charge is 0.361 e. The van der Waals surface area contributed by atoms with Gasteiger partial charge in [0, 0.05) is 28.2 Å². The van der Waals surface area contributed by atoms with Gasteiger partial charge in [0.2, 0.25) is 5.91 Å². The fourth-order valence-electron chi connectivity index (χ4n) is 2.03. The molecule has 1 amide bonds. The summed E-state index contributed by atoms with van der Waals surface area (Å²) in [5, 5.41) is 4.01. The van der Waals surface area contributed by atoms with Crippen molar-refractivity contribution in [3.8, 4) is 0 Å². The molecular weight excluding hydrogens is 258 g/mol. The minimum Gasteiger partial charge on any atom is -0.361 e. The molecule has 0 spiro atoms. The van der Waals surface area contributed by atoms with Gasteiger partial charge in [0.15, 0.2) is 0 Å². The molecule has 19 heavy (non-hydrogen) atoms. The highest BCUT2D eigenvalue weighted by molar-refractivity contribution is 7.09. The van der Waals surface area contributed by atoms with Crippen LogP contribution in [0.15, 0.2) is 42.2 Å². The van der Waals surface area contributed by atoms with Gasteiger partial charge < -0.3 is 10.3 Å². The maximum absolute atomic E-state index is 11.9. The second-order valence-corrected chi connectivity index (χ2v) is 5.25. The van der Waals surface area contributed by atoms with E-state index in [1.165, 1.54) is 0 Å². The van der Waals surface area contributed by atoms with E-state index in [9.17, 15) is 4.79 Å². The summed E-state index contributed by atoms with van der Waals surface area (Å²) in [6.07, 6.45) is 4.07. The molecular formula is C14H13N3OS. The zero-order chi connectivity index (χ0) is 13.1. The molecule has 0 aliphatic carbocycles. The minimum atomic E-state index is 0.0261. The van der Waals surface area contributed by atoms with Crippen LogP contribution in [0.3, 0.4) is 0 Å². The molecule has 2 aromatic heterocycles. The third kappa shape index (κ3) is 2.66. The number of fused-ring (bicyclic) bond motifs is 1. The molecule has 2 N–H and O–H groups in total. The van der Waals surface area contributed by atoms with Crippen molar-refractivity contribution in [2.45, 2.75) is 13.0 Å². The number of hydrogen-bond donors (Lipinski definition) is 2. The van der Waals surface area contributed by atoms with Crippen LogP contribution in [0.1, 0.15) is 10.4 Å². The predicted octanol–water partition coefficient (Wildman–Crippen LogP) is 2.48. The van der Waals surface area contributed by atoms with Gasteiger partial charge in [-0.2, -0.15) is 0 Å². The number of nitrogens with one attached hydrogen (secondary N) is 2. The molecule has 0 atom stereocenters. The van der Waals surface area contributed by atoms with E-state index in [0.29, 0.717) is 13.0 Å². The molecule has 0 fully saturated rings. The van der Waals surface area contributed by atoms with Gasteiger partial charge in [-0.25, -0.2) is 0 Å². The van der Waals surface area contributed by atoms with Crippen molar-refractivity contribution in [1.29, 1.82) is 0 Å². The summed E-state index contributed by atoms with van der Waals surface area (Å²) in [5.41, 5.74) is 3.85. The van der Waals surface area contributed by atoms with Gasteiger partial charge in [0.05, 0.1) is 18.5 Å². The first kappa shape index (κ1) is 11.9. The number of rotatable bonds is 4. The Balaban J connectivity index is 1.66. The third-order valence-corrected chi connectivity index (χ3v) is 3.75. The van der Waals surface area contributed by atoms with Crippen molar-refractivity contribution in [2.24, 2.45) is 0 Å². The maximum atomic E-state index is 11.9. The predicted molar refractivity (Wildman–Crippen MR) is 76.0 cm³/mol. The van der Waals surface area contributed by atoms with E-state index in [1.807, 2.05) is 30.5 Å². The van der Waals surface area contributed by atoms with Crippen molar-refractivity contribution in [3.05, 3.63) is 52.6 Å². The van der Waals surface area contributed by atoms with Crippen LogP contribution in [0.2, 0.25) is 0 Å². The fraction of sp³-hybridized carbons (Fsp3) is 0.143. The summed E-state index contributed by atoms with van der Waals surface area (Å²) in [5.74, 6) is 0.0261. The summed E-state index contributed by atoms with van der Waals surface area (Å²) < 4.78 is 0. The van der Waals surface area contributed by atoms with Crippen LogP contribution in [0.4, 0.5) is 0 Å². The van der Waals surface area contributed by atoms with Gasteiger partial charge in [-0.05, 0) is 11.6 Å². The second-order valence-electron chi connectivity index (χ2n) is 4.28. The summed E-state index contributed by atoms with van der Waals surface area (Å²) in [7, 11) is 0. The van der Waals surface area contributed by atoms with Gasteiger partial charge in [-0.1, -0.05) is 18.2 Å². The van der Waals surface area contributed by atoms with Gasteiger partial charge in [0.25, 0.3) is 0 Å². The van der Waals surface area contributed by atoms with Crippen LogP contribution in [0.25, 0.3) is 10.9 Å². The number of aromatic amines is 1. The number of aromatic nitrogens is 2. The Kier molecular flexibility index (Phi) is 3.29. The van der Waals surface area contributed by atoms with Crippen LogP contribution < -0.4 is 5.32 Å². The van der Waals surface area contributed by atoms with E-state index in [1.54, 1.807) is 23.0 Å². The zero-order valence-corrected chi connectivity index (χ0v) is 11.0. The first-order valence-corrected chi connectivity index (χ1v) is 6.90. The molecule has 1 aromatic carbocycles. The van der Waals surface area contributed by atoms with Crippen molar-refractivity contribution in [1.82, 2.24) is 15.3 Å². The smallest absolute Gasteiger partial charge is 0.224 e. The number of carbonyl (C=O) groups is 1. The molecule has 0 aliphatic heterocycles. The standard InChI is InChI=1S/C14H13N3OS/c18-14(17-8-11-7-15-9-19-11)5-10-6-16-13-4-2-1-3-12(10)13/h1-4,6-7,9,16H,5,8H2,(H,17,18). The van der Waals surface area contributed by atoms with Crippen LogP contribution in [-0.4, -0.2) is 15.9 Å². The van der Waals surface area contributed by atoms with Gasteiger partial charge in [-0.3, -0.25) is 9.78 Å². The monoisotopic (exact) mass is 271 g/mol. The molecule has 3 rings (SSSR count). The molecule has 0 radical (unpaired) electrons. The minimum absolute atomic E-state index is 0.0261. The number of H-pyrrole nitrogens is 1. The fourth-order valence-corrected chi connectivity index (χ4v) is 2.56. The average molecular weight is 271 g/mol. The first-order valence-electron chi connectivity index (χ1n) is 6.02. The molecule has 5 heteroatoms. The molecule has 0 aliphatic rings. The highest BCUT2D eigenvalue weighted by Gasteiger charge is 2.08. The lowest BCUT2D eigenvalue weighted by atomic mass is 10.1. The number of hydrogen-bond acceptors (Lipinski definition) is 3. The van der Waals surface area contributed by atoms with Crippen LogP contribution >= 0.6 is 11.3 Å². The molecule has 0 saturated carbocycles. The van der Waals surface area contributed by atoms with Gasteiger partial charge in [-0.15, -0.1) is 11.3 Å². The molecule has 0 bridgehead atoms. The van der Waals surface area contributed by atoms with Crippen LogP contribution in [-0.2, 0) is 17.8 Å². The molecule has 0 saturated heterocycles. The molecule has 4 nitrogen and oxygen atoms in total. The number of thiazole rings is 1. The Morgan fingerprint density at radius 2 is 2.26 bits per heavy atom. The lowest BCUT2D eigenvalue weighted by molar-refractivity contribution is -0.120. The second kappa shape index (κ2) is 5.24. The third-order valence-electron chi connectivity index (χ3n) is 2.97. The highest BCUT2D eigenvalue weighted by Crippen LogP contribution is 2.18. The number of amides is 1. The molecule has 96 valence electrons. The molecule has 2 heterocycles. The number of benzene rings is 1. The SMILES string of the molecule is O=C(Cc1c[nH]c2ccccc12)NCc1cncs1. The van der Waals surface area contributed by atoms with Gasteiger partial charge in [0.1, 0.15) is 0 Å². The lowest BCUT2D eigenvalue weighted by Crippen LogP contribution is -2.24. The summed E-state index contributed by atoms with van der Waals surface area (Å²) in [4.78, 5) is 20.1. The number of carbonyl (C=O) groups excluding carboxylic acids is 1. The average Bonchev–Trinajstić information content (AvgIpc) is 3.07. The quantitative estimate of drug-likeness (QED) is 0.766. The van der Waals surface area contributed by atoms with E-state index in [2.05, 4.69) is 15.3 Å². The van der Waals surface area contributed by atoms with E-state index in [4.69, 9.17) is 0 Å². The van der Waals surface area contributed by atoms with E-state index >= 15 is 0 Å². The lowest BCUT2D eigenvalue weighted by Gasteiger charge is -2.02. The normalized spacial score (nSPS) is 10.7. The van der Waals surface area contributed by atoms with E-state index < -0.39 is 0 Å². The Morgan fingerprint density at radius 3 is 3.11 bits per heavy atom. The van der Waals surface area contributed by atoms with Crippen molar-refractivity contribution in [2.75, 3.05) is 0 Å². The van der Waals surface area contributed by atoms with Crippen LogP contribution in [0, 0.1) is 0 Å². The Bertz CT molecular complexity index is 688. The first-order chi connectivity index (χ1) is 9.33. The van der Waals surface area contributed by atoms with E-state index in [-0.39, 0.29) is 5.91 Å². The topological polar surface area (TPSA) is 57.8 Å². The maximum Gasteiger partial charge on any atom is 0.224 e. The van der Waals surface area contributed by atoms with Crippen molar-refractivity contribution < 1.29 is 4.79 Å². The Morgan fingerprint density at radius 1 is 1.37 bits per heavy atom. The summed E-state index contributed by atoms with van der Waals surface area (Å²) in [6, 6.07) is 7.99. The summed E-state index contributed by atoms with van der Waals surface area (Å²) >= 11 is 1.54. The Hall–Kier alpha value is -2.14.